The zero-order valence-electron chi connectivity index (χ0n) is 29.2. The Morgan fingerprint density at radius 3 is 1.75 bits per heavy atom. The molecular weight excluding hydrogens is 723 g/mol. The van der Waals surface area contributed by atoms with Gasteiger partial charge in [0.25, 0.3) is 10.1 Å². The summed E-state index contributed by atoms with van der Waals surface area (Å²) in [6, 6.07) is 33.7. The molecule has 0 aliphatic heterocycles. The van der Waals surface area contributed by atoms with Crippen LogP contribution in [0, 0.1) is 0 Å². The quantitative estimate of drug-likeness (QED) is 0.0597. The largest absolute Gasteiger partial charge is 0.506 e. The fraction of sp³-hybridized carbons (Fsp3) is 0.0500. The molecule has 7 aromatic carbocycles. The number of phenolic OH excluding ortho intramolecular Hbond substituents is 2. The predicted molar refractivity (Wildman–Crippen MR) is 209 cm³/mol. The molecule has 0 spiro atoms. The second kappa shape index (κ2) is 15.0. The standard InChI is InChI=1S/C40H31N7O7S/c1-53-36-19-24(25-12-16-33(37(20-25)54-2)45-46-34-22-38(55(50,51)52)28-9-5-6-10-29(28)40(34)49)11-15-32(36)44-43-31-17-14-26(21-30(31)41)42-47-39-27-8-4-3-7-23(27)13-18-35(39)48/h3-22,48-49H,41H2,1-2H3,(H,50,51,52). The lowest BCUT2D eigenvalue weighted by molar-refractivity contribution is 0.415. The molecule has 0 aromatic heterocycles. The Morgan fingerprint density at radius 1 is 0.564 bits per heavy atom. The third kappa shape index (κ3) is 7.50. The van der Waals surface area contributed by atoms with Crippen molar-refractivity contribution in [3.8, 4) is 34.1 Å². The van der Waals surface area contributed by atoms with E-state index in [1.54, 1.807) is 66.7 Å². The second-order valence-electron chi connectivity index (χ2n) is 12.0. The van der Waals surface area contributed by atoms with Crippen LogP contribution in [-0.4, -0.2) is 37.4 Å². The van der Waals surface area contributed by atoms with Crippen molar-refractivity contribution in [3.63, 3.8) is 0 Å². The molecule has 274 valence electrons. The van der Waals surface area contributed by atoms with Crippen LogP contribution in [0.2, 0.25) is 0 Å². The first-order valence-electron chi connectivity index (χ1n) is 16.5. The van der Waals surface area contributed by atoms with Gasteiger partial charge < -0.3 is 25.4 Å². The van der Waals surface area contributed by atoms with Gasteiger partial charge in [-0.05, 0) is 71.1 Å². The van der Waals surface area contributed by atoms with Crippen LogP contribution in [-0.2, 0) is 10.1 Å². The van der Waals surface area contributed by atoms with Crippen molar-refractivity contribution < 1.29 is 32.7 Å². The number of rotatable bonds is 10. The van der Waals surface area contributed by atoms with Crippen LogP contribution in [0.5, 0.6) is 23.0 Å². The second-order valence-corrected chi connectivity index (χ2v) is 13.4. The summed E-state index contributed by atoms with van der Waals surface area (Å²) in [5.74, 6) is 0.489. The van der Waals surface area contributed by atoms with E-state index in [1.807, 2.05) is 36.4 Å². The normalized spacial score (nSPS) is 12.1. The minimum atomic E-state index is -4.63. The van der Waals surface area contributed by atoms with E-state index in [0.29, 0.717) is 45.6 Å². The number of hydrogen-bond acceptors (Lipinski definition) is 13. The summed E-state index contributed by atoms with van der Waals surface area (Å²) < 4.78 is 45.2. The number of phenols is 2. The summed E-state index contributed by atoms with van der Waals surface area (Å²) in [5.41, 5.74) is 9.90. The molecular formula is C40H31N7O7S. The predicted octanol–water partition coefficient (Wildman–Crippen LogP) is 11.2. The highest BCUT2D eigenvalue weighted by Gasteiger charge is 2.20. The number of azo groups is 3. The average molecular weight is 754 g/mol. The van der Waals surface area contributed by atoms with Gasteiger partial charge in [-0.15, -0.1) is 25.6 Å². The number of nitrogens with two attached hydrogens (primary N) is 1. The highest BCUT2D eigenvalue weighted by atomic mass is 32.2. The topological polar surface area (TPSA) is 213 Å². The number of methoxy groups -OCH3 is 2. The number of ether oxygens (including phenoxy) is 2. The van der Waals surface area contributed by atoms with Crippen molar-refractivity contribution in [1.29, 1.82) is 0 Å². The number of hydrogen-bond donors (Lipinski definition) is 4. The average Bonchev–Trinajstić information content (AvgIpc) is 3.19. The van der Waals surface area contributed by atoms with Crippen molar-refractivity contribution >= 4 is 71.5 Å². The highest BCUT2D eigenvalue weighted by molar-refractivity contribution is 7.86. The first-order valence-corrected chi connectivity index (χ1v) is 17.9. The Bertz CT molecular complexity index is 2830. The van der Waals surface area contributed by atoms with Crippen molar-refractivity contribution in [2.75, 3.05) is 20.0 Å². The fourth-order valence-electron chi connectivity index (χ4n) is 5.85. The molecule has 55 heavy (non-hydrogen) atoms. The van der Waals surface area contributed by atoms with Gasteiger partial charge in [-0.1, -0.05) is 66.7 Å². The van der Waals surface area contributed by atoms with Crippen LogP contribution in [0.4, 0.5) is 39.8 Å². The molecule has 0 atom stereocenters. The van der Waals surface area contributed by atoms with Gasteiger partial charge in [0.1, 0.15) is 50.6 Å². The van der Waals surface area contributed by atoms with E-state index < -0.39 is 15.0 Å². The Labute approximate surface area is 314 Å². The molecule has 7 aromatic rings. The van der Waals surface area contributed by atoms with Gasteiger partial charge in [0, 0.05) is 16.2 Å². The Morgan fingerprint density at radius 2 is 1.13 bits per heavy atom. The molecule has 15 heteroatoms. The first kappa shape index (κ1) is 36.1. The molecule has 7 rings (SSSR count). The zero-order valence-corrected chi connectivity index (χ0v) is 30.0. The lowest BCUT2D eigenvalue weighted by atomic mass is 10.0. The van der Waals surface area contributed by atoms with E-state index in [1.165, 1.54) is 26.4 Å². The SMILES string of the molecule is COc1cc(-c2ccc(N=Nc3cc(S(=O)(=O)O)c4ccccc4c3O)c(OC)c2)ccc1N=Nc1ccc(N=Nc2c(O)ccc3ccccc23)cc1N. The van der Waals surface area contributed by atoms with Crippen LogP contribution in [0.1, 0.15) is 0 Å². The number of aromatic hydroxyl groups is 2. The molecule has 0 aliphatic rings. The van der Waals surface area contributed by atoms with E-state index in [-0.39, 0.29) is 28.0 Å². The summed E-state index contributed by atoms with van der Waals surface area (Å²) >= 11 is 0. The number of benzene rings is 7. The molecule has 0 aliphatic carbocycles. The number of nitrogens with zero attached hydrogens (tertiary/aromatic N) is 6. The minimum absolute atomic E-state index is 0.0133. The van der Waals surface area contributed by atoms with Crippen molar-refractivity contribution in [3.05, 3.63) is 121 Å². The summed E-state index contributed by atoms with van der Waals surface area (Å²) in [5, 5.41) is 48.8. The van der Waals surface area contributed by atoms with E-state index >= 15 is 0 Å². The summed E-state index contributed by atoms with van der Waals surface area (Å²) in [6.45, 7) is 0. The van der Waals surface area contributed by atoms with E-state index in [4.69, 9.17) is 15.2 Å². The summed E-state index contributed by atoms with van der Waals surface area (Å²) in [6.07, 6.45) is 0. The molecule has 0 bridgehead atoms. The molecule has 0 fully saturated rings. The van der Waals surface area contributed by atoms with Crippen LogP contribution in [0.25, 0.3) is 32.7 Å². The lowest BCUT2D eigenvalue weighted by Gasteiger charge is -2.11. The van der Waals surface area contributed by atoms with Crippen molar-refractivity contribution in [1.82, 2.24) is 0 Å². The third-order valence-corrected chi connectivity index (χ3v) is 9.51. The molecule has 0 amide bonds. The molecule has 0 saturated carbocycles. The summed E-state index contributed by atoms with van der Waals surface area (Å²) in [7, 11) is -1.65. The monoisotopic (exact) mass is 753 g/mol. The Balaban J connectivity index is 1.11. The zero-order chi connectivity index (χ0) is 38.7. The van der Waals surface area contributed by atoms with Gasteiger partial charge >= 0.3 is 0 Å². The van der Waals surface area contributed by atoms with Crippen molar-refractivity contribution in [2.45, 2.75) is 4.90 Å². The molecule has 0 unspecified atom stereocenters. The van der Waals surface area contributed by atoms with Gasteiger partial charge in [0.15, 0.2) is 5.75 Å². The maximum Gasteiger partial charge on any atom is 0.295 e. The van der Waals surface area contributed by atoms with E-state index in [0.717, 1.165) is 28.0 Å². The minimum Gasteiger partial charge on any atom is -0.506 e. The van der Waals surface area contributed by atoms with Crippen LogP contribution in [0.3, 0.4) is 0 Å². The fourth-order valence-corrected chi connectivity index (χ4v) is 6.57. The number of fused-ring (bicyclic) bond motifs is 2. The van der Waals surface area contributed by atoms with Gasteiger partial charge in [0.05, 0.1) is 25.6 Å². The lowest BCUT2D eigenvalue weighted by Crippen LogP contribution is -1.99. The molecule has 0 radical (unpaired) electrons. The molecule has 0 saturated heterocycles. The maximum absolute atomic E-state index is 12.1. The van der Waals surface area contributed by atoms with Gasteiger partial charge in [-0.3, -0.25) is 4.55 Å². The third-order valence-electron chi connectivity index (χ3n) is 8.62. The Kier molecular flexibility index (Phi) is 9.87. The van der Waals surface area contributed by atoms with Crippen LogP contribution >= 0.6 is 0 Å². The first-order chi connectivity index (χ1) is 26.5. The van der Waals surface area contributed by atoms with Gasteiger partial charge in [-0.2, -0.15) is 13.5 Å². The molecule has 14 nitrogen and oxygen atoms in total. The molecule has 0 heterocycles. The van der Waals surface area contributed by atoms with E-state index in [2.05, 4.69) is 30.7 Å². The van der Waals surface area contributed by atoms with Gasteiger partial charge in [0.2, 0.25) is 0 Å². The van der Waals surface area contributed by atoms with Crippen LogP contribution in [0.15, 0.2) is 157 Å². The van der Waals surface area contributed by atoms with Crippen LogP contribution < -0.4 is 15.2 Å². The highest BCUT2D eigenvalue weighted by Crippen LogP contribution is 2.42. The number of nitrogen functional groups attached to an aromatic ring is 1. The number of anilines is 1. The maximum atomic E-state index is 12.1. The van der Waals surface area contributed by atoms with Gasteiger partial charge in [-0.25, -0.2) is 0 Å². The smallest absolute Gasteiger partial charge is 0.295 e. The molecule has 5 N–H and O–H groups in total. The van der Waals surface area contributed by atoms with Crippen molar-refractivity contribution in [2.24, 2.45) is 30.7 Å². The summed E-state index contributed by atoms with van der Waals surface area (Å²) in [4.78, 5) is -0.408. The van der Waals surface area contributed by atoms with E-state index in [9.17, 15) is 23.2 Å². The Hall–Kier alpha value is -7.23.